The maximum atomic E-state index is 10.4. The summed E-state index contributed by atoms with van der Waals surface area (Å²) in [6, 6.07) is 0.863. The number of hydrogen-bond donors (Lipinski definition) is 3. The van der Waals surface area contributed by atoms with E-state index < -0.39 is 12.0 Å². The third-order valence-corrected chi connectivity index (χ3v) is 2.75. The standard InChI is InChI=1S/C8H11N3O2S/c9-5-3-11-2-1-7(5)14-4-6(10)8(12)13/h1-3,6H,4,9-10H2,(H,12,13). The second-order valence-electron chi connectivity index (χ2n) is 2.67. The highest BCUT2D eigenvalue weighted by Crippen LogP contribution is 2.23. The Bertz CT molecular complexity index is 332. The Balaban J connectivity index is 2.54. The van der Waals surface area contributed by atoms with Crippen LogP contribution in [0, 0.1) is 0 Å². The van der Waals surface area contributed by atoms with Crippen LogP contribution in [-0.2, 0) is 4.79 Å². The van der Waals surface area contributed by atoms with Gasteiger partial charge in [0, 0.05) is 16.8 Å². The molecular weight excluding hydrogens is 202 g/mol. The van der Waals surface area contributed by atoms with E-state index in [1.54, 1.807) is 12.3 Å². The van der Waals surface area contributed by atoms with Gasteiger partial charge in [-0.25, -0.2) is 0 Å². The molecule has 1 rings (SSSR count). The molecule has 0 aromatic carbocycles. The second kappa shape index (κ2) is 4.83. The van der Waals surface area contributed by atoms with Gasteiger partial charge in [-0.2, -0.15) is 0 Å². The molecule has 1 unspecified atom stereocenters. The van der Waals surface area contributed by atoms with E-state index in [0.717, 1.165) is 4.90 Å². The minimum Gasteiger partial charge on any atom is -0.480 e. The van der Waals surface area contributed by atoms with E-state index in [2.05, 4.69) is 4.98 Å². The first-order valence-corrected chi connectivity index (χ1v) is 4.90. The number of nitrogens with zero attached hydrogens (tertiary/aromatic N) is 1. The molecule has 0 saturated carbocycles. The lowest BCUT2D eigenvalue weighted by Crippen LogP contribution is -2.32. The summed E-state index contributed by atoms with van der Waals surface area (Å²) in [6.07, 6.45) is 3.12. The first kappa shape index (κ1) is 10.8. The lowest BCUT2D eigenvalue weighted by molar-refractivity contribution is -0.137. The summed E-state index contributed by atoms with van der Waals surface area (Å²) in [5, 5.41) is 8.55. The van der Waals surface area contributed by atoms with Gasteiger partial charge in [0.15, 0.2) is 0 Å². The molecule has 0 radical (unpaired) electrons. The first-order valence-electron chi connectivity index (χ1n) is 3.92. The Labute approximate surface area is 85.5 Å². The Kier molecular flexibility index (Phi) is 3.73. The molecule has 5 N–H and O–H groups in total. The highest BCUT2D eigenvalue weighted by molar-refractivity contribution is 7.99. The number of anilines is 1. The fraction of sp³-hybridized carbons (Fsp3) is 0.250. The summed E-state index contributed by atoms with van der Waals surface area (Å²) in [6.45, 7) is 0. The zero-order valence-electron chi connectivity index (χ0n) is 7.38. The smallest absolute Gasteiger partial charge is 0.321 e. The van der Waals surface area contributed by atoms with Crippen LogP contribution in [0.1, 0.15) is 0 Å². The van der Waals surface area contributed by atoms with E-state index in [0.29, 0.717) is 11.4 Å². The first-order chi connectivity index (χ1) is 6.61. The molecule has 0 spiro atoms. The fourth-order valence-corrected chi connectivity index (χ4v) is 1.65. The van der Waals surface area contributed by atoms with Crippen molar-refractivity contribution in [2.75, 3.05) is 11.5 Å². The van der Waals surface area contributed by atoms with E-state index in [4.69, 9.17) is 16.6 Å². The van der Waals surface area contributed by atoms with E-state index in [1.807, 2.05) is 0 Å². The van der Waals surface area contributed by atoms with Crippen molar-refractivity contribution < 1.29 is 9.90 Å². The van der Waals surface area contributed by atoms with Crippen molar-refractivity contribution in [1.82, 2.24) is 4.98 Å². The van der Waals surface area contributed by atoms with E-state index >= 15 is 0 Å². The second-order valence-corrected chi connectivity index (χ2v) is 3.73. The fourth-order valence-electron chi connectivity index (χ4n) is 0.776. The van der Waals surface area contributed by atoms with E-state index in [1.165, 1.54) is 18.0 Å². The quantitative estimate of drug-likeness (QED) is 0.616. The Hall–Kier alpha value is -1.27. The number of hydrogen-bond acceptors (Lipinski definition) is 5. The van der Waals surface area contributed by atoms with Crippen LogP contribution in [0.4, 0.5) is 5.69 Å². The number of carboxylic acids is 1. The number of pyridine rings is 1. The highest BCUT2D eigenvalue weighted by atomic mass is 32.2. The van der Waals surface area contributed by atoms with Crippen molar-refractivity contribution in [3.63, 3.8) is 0 Å². The van der Waals surface area contributed by atoms with Crippen LogP contribution in [0.15, 0.2) is 23.4 Å². The third-order valence-electron chi connectivity index (χ3n) is 1.55. The molecule has 0 aliphatic carbocycles. The number of carbonyl (C=O) groups is 1. The van der Waals surface area contributed by atoms with Gasteiger partial charge in [-0.3, -0.25) is 9.78 Å². The molecule has 6 heteroatoms. The van der Waals surface area contributed by atoms with Gasteiger partial charge in [0.25, 0.3) is 0 Å². The minimum absolute atomic E-state index is 0.295. The van der Waals surface area contributed by atoms with Crippen molar-refractivity contribution in [3.05, 3.63) is 18.5 Å². The lowest BCUT2D eigenvalue weighted by Gasteiger charge is -2.07. The molecule has 5 nitrogen and oxygen atoms in total. The van der Waals surface area contributed by atoms with Gasteiger partial charge in [0.1, 0.15) is 6.04 Å². The molecule has 0 bridgehead atoms. The number of rotatable bonds is 4. The molecule has 0 aliphatic rings. The van der Waals surface area contributed by atoms with Crippen LogP contribution in [0.5, 0.6) is 0 Å². The van der Waals surface area contributed by atoms with Crippen LogP contribution >= 0.6 is 11.8 Å². The molecule has 1 heterocycles. The van der Waals surface area contributed by atoms with E-state index in [9.17, 15) is 4.79 Å². The van der Waals surface area contributed by atoms with Crippen LogP contribution in [0.2, 0.25) is 0 Å². The molecule has 14 heavy (non-hydrogen) atoms. The normalized spacial score (nSPS) is 12.4. The summed E-state index contributed by atoms with van der Waals surface area (Å²) in [4.78, 5) is 15.0. The maximum absolute atomic E-state index is 10.4. The number of nitrogens with two attached hydrogens (primary N) is 2. The van der Waals surface area contributed by atoms with Gasteiger partial charge in [-0.1, -0.05) is 0 Å². The molecule has 0 fully saturated rings. The Morgan fingerprint density at radius 3 is 3.00 bits per heavy atom. The molecular formula is C8H11N3O2S. The van der Waals surface area contributed by atoms with E-state index in [-0.39, 0.29) is 0 Å². The number of aliphatic carboxylic acids is 1. The molecule has 0 amide bonds. The number of aromatic nitrogens is 1. The van der Waals surface area contributed by atoms with Gasteiger partial charge >= 0.3 is 5.97 Å². The van der Waals surface area contributed by atoms with Crippen molar-refractivity contribution in [2.45, 2.75) is 10.9 Å². The summed E-state index contributed by atoms with van der Waals surface area (Å²) in [5.74, 6) is -0.714. The predicted octanol–water partition coefficient (Wildman–Crippen LogP) is 0.168. The average Bonchev–Trinajstić information content (AvgIpc) is 2.16. The Morgan fingerprint density at radius 1 is 1.71 bits per heavy atom. The molecule has 1 atom stereocenters. The van der Waals surface area contributed by atoms with Crippen molar-refractivity contribution in [2.24, 2.45) is 5.73 Å². The van der Waals surface area contributed by atoms with Gasteiger partial charge in [0.2, 0.25) is 0 Å². The van der Waals surface area contributed by atoms with Gasteiger partial charge in [0.05, 0.1) is 11.9 Å². The summed E-state index contributed by atoms with van der Waals surface area (Å²) in [5.41, 5.74) is 11.5. The zero-order valence-corrected chi connectivity index (χ0v) is 8.20. The molecule has 1 aromatic heterocycles. The van der Waals surface area contributed by atoms with Crippen LogP contribution in [0.3, 0.4) is 0 Å². The predicted molar refractivity (Wildman–Crippen MR) is 55.0 cm³/mol. The molecule has 1 aromatic rings. The number of carboxylic acid groups (broad SMARTS) is 1. The topological polar surface area (TPSA) is 102 Å². The van der Waals surface area contributed by atoms with Gasteiger partial charge in [-0.15, -0.1) is 11.8 Å². The van der Waals surface area contributed by atoms with Crippen LogP contribution < -0.4 is 11.5 Å². The van der Waals surface area contributed by atoms with Gasteiger partial charge < -0.3 is 16.6 Å². The highest BCUT2D eigenvalue weighted by Gasteiger charge is 2.12. The van der Waals surface area contributed by atoms with Crippen molar-refractivity contribution in [3.8, 4) is 0 Å². The van der Waals surface area contributed by atoms with Gasteiger partial charge in [-0.05, 0) is 6.07 Å². The summed E-state index contributed by atoms with van der Waals surface area (Å²) in [7, 11) is 0. The molecule has 0 aliphatic heterocycles. The Morgan fingerprint density at radius 2 is 2.43 bits per heavy atom. The number of thioether (sulfide) groups is 1. The van der Waals surface area contributed by atoms with Crippen molar-refractivity contribution in [1.29, 1.82) is 0 Å². The SMILES string of the molecule is Nc1cnccc1SCC(N)C(=O)O. The zero-order chi connectivity index (χ0) is 10.6. The molecule has 0 saturated heterocycles. The number of nitrogen functional groups attached to an aromatic ring is 1. The maximum Gasteiger partial charge on any atom is 0.321 e. The summed E-state index contributed by atoms with van der Waals surface area (Å²) < 4.78 is 0. The lowest BCUT2D eigenvalue weighted by atomic mass is 10.4. The largest absolute Gasteiger partial charge is 0.480 e. The monoisotopic (exact) mass is 213 g/mol. The summed E-state index contributed by atoms with van der Waals surface area (Å²) >= 11 is 1.31. The minimum atomic E-state index is -1.01. The third kappa shape index (κ3) is 2.90. The molecule has 76 valence electrons. The van der Waals surface area contributed by atoms with Crippen molar-refractivity contribution >= 4 is 23.4 Å². The van der Waals surface area contributed by atoms with Crippen LogP contribution in [0.25, 0.3) is 0 Å². The van der Waals surface area contributed by atoms with Crippen LogP contribution in [-0.4, -0.2) is 27.9 Å². The average molecular weight is 213 g/mol.